The van der Waals surface area contributed by atoms with Gasteiger partial charge in [0.1, 0.15) is 18.9 Å². The minimum atomic E-state index is -0.270. The molecule has 1 aromatic heterocycles. The lowest BCUT2D eigenvalue weighted by Crippen LogP contribution is -2.42. The zero-order valence-electron chi connectivity index (χ0n) is 16.3. The number of carbonyl (C=O) groups excluding carboxylic acids is 2. The molecule has 1 saturated heterocycles. The monoisotopic (exact) mass is 391 g/mol. The summed E-state index contributed by atoms with van der Waals surface area (Å²) in [6, 6.07) is 17.9. The molecule has 1 aliphatic heterocycles. The summed E-state index contributed by atoms with van der Waals surface area (Å²) in [4.78, 5) is 26.0. The molecular formula is C23H25N3O3. The Hall–Kier alpha value is -3.28. The second-order valence-electron chi connectivity index (χ2n) is 7.47. The lowest BCUT2D eigenvalue weighted by Gasteiger charge is -2.30. The van der Waals surface area contributed by atoms with Crippen LogP contribution in [0, 0.1) is 5.92 Å². The fraction of sp³-hybridized carbons (Fsp3) is 0.304. The average Bonchev–Trinajstić information content (AvgIpc) is 3.16. The van der Waals surface area contributed by atoms with E-state index in [4.69, 9.17) is 10.5 Å². The van der Waals surface area contributed by atoms with Crippen molar-refractivity contribution in [1.29, 1.82) is 0 Å². The third-order valence-electron chi connectivity index (χ3n) is 5.54. The quantitative estimate of drug-likeness (QED) is 0.702. The maximum absolute atomic E-state index is 12.8. The highest BCUT2D eigenvalue weighted by Gasteiger charge is 2.26. The van der Waals surface area contributed by atoms with Crippen LogP contribution in [0.4, 0.5) is 0 Å². The number of carbonyl (C=O) groups is 2. The van der Waals surface area contributed by atoms with Gasteiger partial charge in [0.25, 0.3) is 0 Å². The molecule has 1 fully saturated rings. The molecule has 0 bridgehead atoms. The van der Waals surface area contributed by atoms with Crippen LogP contribution in [0.15, 0.2) is 60.8 Å². The molecule has 2 N–H and O–H groups in total. The van der Waals surface area contributed by atoms with Crippen molar-refractivity contribution in [3.8, 4) is 5.75 Å². The largest absolute Gasteiger partial charge is 0.487 e. The molecule has 150 valence electrons. The Kier molecular flexibility index (Phi) is 5.51. The SMILES string of the molecule is NC(=O)C1CCN(C(=O)Cn2ccc3cccc(OCc4ccccc4)c32)CC1. The van der Waals surface area contributed by atoms with Crippen molar-refractivity contribution in [3.63, 3.8) is 0 Å². The van der Waals surface area contributed by atoms with Gasteiger partial charge in [-0.1, -0.05) is 42.5 Å². The van der Waals surface area contributed by atoms with Gasteiger partial charge in [-0.05, 0) is 30.5 Å². The molecule has 4 rings (SSSR count). The van der Waals surface area contributed by atoms with Gasteiger partial charge in [-0.2, -0.15) is 0 Å². The maximum Gasteiger partial charge on any atom is 0.242 e. The molecule has 2 heterocycles. The van der Waals surface area contributed by atoms with Gasteiger partial charge in [0, 0.05) is 30.6 Å². The lowest BCUT2D eigenvalue weighted by molar-refractivity contribution is -0.135. The summed E-state index contributed by atoms with van der Waals surface area (Å²) in [7, 11) is 0. The van der Waals surface area contributed by atoms with Gasteiger partial charge in [-0.15, -0.1) is 0 Å². The number of primary amides is 1. The van der Waals surface area contributed by atoms with Crippen molar-refractivity contribution in [2.24, 2.45) is 11.7 Å². The molecule has 2 aromatic carbocycles. The van der Waals surface area contributed by atoms with Crippen LogP contribution in [-0.2, 0) is 22.7 Å². The lowest BCUT2D eigenvalue weighted by atomic mass is 9.96. The third-order valence-corrected chi connectivity index (χ3v) is 5.54. The third kappa shape index (κ3) is 4.26. The molecule has 2 amide bonds. The Morgan fingerprint density at radius 1 is 1.00 bits per heavy atom. The van der Waals surface area contributed by atoms with Crippen LogP contribution >= 0.6 is 0 Å². The highest BCUT2D eigenvalue weighted by molar-refractivity contribution is 5.88. The molecule has 0 saturated carbocycles. The fourth-order valence-corrected chi connectivity index (χ4v) is 3.87. The second kappa shape index (κ2) is 8.39. The fourth-order valence-electron chi connectivity index (χ4n) is 3.87. The minimum absolute atomic E-state index is 0.0447. The van der Waals surface area contributed by atoms with Crippen LogP contribution in [0.2, 0.25) is 0 Å². The van der Waals surface area contributed by atoms with Gasteiger partial charge < -0.3 is 19.9 Å². The van der Waals surface area contributed by atoms with E-state index >= 15 is 0 Å². The summed E-state index contributed by atoms with van der Waals surface area (Å²) < 4.78 is 8.02. The number of rotatable bonds is 6. The number of amides is 2. The van der Waals surface area contributed by atoms with Crippen LogP contribution in [0.3, 0.4) is 0 Å². The van der Waals surface area contributed by atoms with E-state index in [0.29, 0.717) is 32.5 Å². The first-order valence-electron chi connectivity index (χ1n) is 9.93. The number of aromatic nitrogens is 1. The van der Waals surface area contributed by atoms with E-state index in [0.717, 1.165) is 22.2 Å². The Morgan fingerprint density at radius 2 is 1.76 bits per heavy atom. The van der Waals surface area contributed by atoms with E-state index in [1.54, 1.807) is 0 Å². The van der Waals surface area contributed by atoms with Crippen molar-refractivity contribution in [3.05, 3.63) is 66.4 Å². The first-order valence-corrected chi connectivity index (χ1v) is 9.93. The van der Waals surface area contributed by atoms with E-state index in [1.807, 2.05) is 70.3 Å². The Labute approximate surface area is 169 Å². The van der Waals surface area contributed by atoms with Crippen molar-refractivity contribution >= 4 is 22.7 Å². The average molecular weight is 391 g/mol. The van der Waals surface area contributed by atoms with Crippen LogP contribution < -0.4 is 10.5 Å². The van der Waals surface area contributed by atoms with Crippen molar-refractivity contribution < 1.29 is 14.3 Å². The smallest absolute Gasteiger partial charge is 0.242 e. The van der Waals surface area contributed by atoms with Gasteiger partial charge in [-0.25, -0.2) is 0 Å². The van der Waals surface area contributed by atoms with Crippen LogP contribution in [0.5, 0.6) is 5.75 Å². The summed E-state index contributed by atoms with van der Waals surface area (Å²) in [5, 5.41) is 1.04. The number of para-hydroxylation sites is 1. The number of fused-ring (bicyclic) bond motifs is 1. The molecule has 29 heavy (non-hydrogen) atoms. The molecule has 6 nitrogen and oxygen atoms in total. The molecule has 3 aromatic rings. The summed E-state index contributed by atoms with van der Waals surface area (Å²) in [5.41, 5.74) is 7.40. The topological polar surface area (TPSA) is 77.6 Å². The van der Waals surface area contributed by atoms with Crippen LogP contribution in [0.1, 0.15) is 18.4 Å². The molecule has 0 spiro atoms. The molecular weight excluding hydrogens is 366 g/mol. The number of hydrogen-bond donors (Lipinski definition) is 1. The number of ether oxygens (including phenoxy) is 1. The summed E-state index contributed by atoms with van der Waals surface area (Å²) in [5.74, 6) is 0.415. The summed E-state index contributed by atoms with van der Waals surface area (Å²) in [6.07, 6.45) is 3.20. The number of benzene rings is 2. The van der Waals surface area contributed by atoms with Crippen LogP contribution in [-0.4, -0.2) is 34.4 Å². The highest BCUT2D eigenvalue weighted by Crippen LogP contribution is 2.28. The number of piperidine rings is 1. The molecule has 0 radical (unpaired) electrons. The van der Waals surface area contributed by atoms with Crippen LogP contribution in [0.25, 0.3) is 10.9 Å². The van der Waals surface area contributed by atoms with Gasteiger partial charge >= 0.3 is 0 Å². The van der Waals surface area contributed by atoms with E-state index in [1.165, 1.54) is 0 Å². The first kappa shape index (κ1) is 19.1. The Balaban J connectivity index is 1.48. The number of hydrogen-bond acceptors (Lipinski definition) is 3. The van der Waals surface area contributed by atoms with E-state index in [9.17, 15) is 9.59 Å². The second-order valence-corrected chi connectivity index (χ2v) is 7.47. The molecule has 6 heteroatoms. The van der Waals surface area contributed by atoms with Crippen molar-refractivity contribution in [2.45, 2.75) is 26.0 Å². The van der Waals surface area contributed by atoms with E-state index in [-0.39, 0.29) is 24.3 Å². The normalized spacial score (nSPS) is 14.8. The molecule has 0 atom stereocenters. The van der Waals surface area contributed by atoms with Crippen molar-refractivity contribution in [2.75, 3.05) is 13.1 Å². The van der Waals surface area contributed by atoms with Crippen molar-refractivity contribution in [1.82, 2.24) is 9.47 Å². The number of nitrogens with two attached hydrogens (primary N) is 1. The van der Waals surface area contributed by atoms with Gasteiger partial charge in [0.15, 0.2) is 0 Å². The molecule has 1 aliphatic rings. The highest BCUT2D eigenvalue weighted by atomic mass is 16.5. The van der Waals surface area contributed by atoms with E-state index < -0.39 is 0 Å². The molecule has 0 aliphatic carbocycles. The minimum Gasteiger partial charge on any atom is -0.487 e. The maximum atomic E-state index is 12.8. The zero-order valence-corrected chi connectivity index (χ0v) is 16.3. The Morgan fingerprint density at radius 3 is 2.48 bits per heavy atom. The standard InChI is InChI=1S/C23H25N3O3/c24-23(28)19-10-12-25(13-11-19)21(27)15-26-14-9-18-7-4-8-20(22(18)26)29-16-17-5-2-1-3-6-17/h1-9,14,19H,10-13,15-16H2,(H2,24,28). The summed E-state index contributed by atoms with van der Waals surface area (Å²) >= 11 is 0. The number of nitrogens with zero attached hydrogens (tertiary/aromatic N) is 2. The number of likely N-dealkylation sites (tertiary alicyclic amines) is 1. The summed E-state index contributed by atoms with van der Waals surface area (Å²) in [6.45, 7) is 1.86. The predicted octanol–water partition coefficient (Wildman–Crippen LogP) is 2.94. The Bertz CT molecular complexity index is 1000. The zero-order chi connectivity index (χ0) is 20.2. The van der Waals surface area contributed by atoms with Gasteiger partial charge in [0.2, 0.25) is 11.8 Å². The predicted molar refractivity (Wildman–Crippen MR) is 111 cm³/mol. The van der Waals surface area contributed by atoms with E-state index in [2.05, 4.69) is 0 Å². The first-order chi connectivity index (χ1) is 14.1. The van der Waals surface area contributed by atoms with Gasteiger partial charge in [0.05, 0.1) is 5.52 Å². The molecule has 0 unspecified atom stereocenters. The van der Waals surface area contributed by atoms with Gasteiger partial charge in [-0.3, -0.25) is 9.59 Å².